The minimum absolute atomic E-state index is 0. The maximum Gasteiger partial charge on any atom is 0.251 e. The lowest BCUT2D eigenvalue weighted by Crippen LogP contribution is -3.00. The third kappa shape index (κ3) is 9.11. The number of nitrogens with one attached hydrogen (secondary N) is 1. The van der Waals surface area contributed by atoms with Crippen molar-refractivity contribution in [2.24, 2.45) is 7.05 Å². The Morgan fingerprint density at radius 1 is 0.833 bits per heavy atom. The molecule has 0 aromatic carbocycles. The predicted octanol–water partition coefficient (Wildman–Crippen LogP) is 3.35. The van der Waals surface area contributed by atoms with Crippen molar-refractivity contribution in [3.63, 3.8) is 0 Å². The number of hydrogen-bond acceptors (Lipinski definition) is 0. The van der Waals surface area contributed by atoms with E-state index in [1.807, 2.05) is 0 Å². The normalized spacial score (nSPS) is 12.2. The molecule has 0 aliphatic rings. The molecule has 1 unspecified atom stereocenters. The molecule has 142 valence electrons. The largest absolute Gasteiger partial charge is 1.00 e. The van der Waals surface area contributed by atoms with Gasteiger partial charge in [0, 0.05) is 12.8 Å². The molecule has 3 heteroatoms. The third-order valence-corrected chi connectivity index (χ3v) is 5.30. The molecule has 1 rings (SSSR count). The second kappa shape index (κ2) is 14.8. The van der Waals surface area contributed by atoms with Crippen LogP contribution in [0.5, 0.6) is 0 Å². The summed E-state index contributed by atoms with van der Waals surface area (Å²) in [5.41, 5.74) is 1.52. The Labute approximate surface area is 157 Å². The quantitative estimate of drug-likeness (QED) is 0.389. The summed E-state index contributed by atoms with van der Waals surface area (Å²) in [4.78, 5) is 3.41. The molecule has 2 nitrogen and oxygen atoms in total. The molecular formula is C21H41ClN2. The van der Waals surface area contributed by atoms with Gasteiger partial charge in [0.2, 0.25) is 0 Å². The van der Waals surface area contributed by atoms with Crippen LogP contribution in [0.3, 0.4) is 0 Å². The fourth-order valence-electron chi connectivity index (χ4n) is 3.56. The lowest BCUT2D eigenvalue weighted by atomic mass is 9.91. The summed E-state index contributed by atoms with van der Waals surface area (Å²) in [5, 5.41) is 0. The van der Waals surface area contributed by atoms with Crippen molar-refractivity contribution in [1.29, 1.82) is 0 Å². The molecule has 0 aliphatic heterocycles. The summed E-state index contributed by atoms with van der Waals surface area (Å²) in [6.07, 6.45) is 20.4. The van der Waals surface area contributed by atoms with E-state index in [0.717, 1.165) is 5.92 Å². The second-order valence-electron chi connectivity index (χ2n) is 7.31. The van der Waals surface area contributed by atoms with E-state index < -0.39 is 0 Å². The Morgan fingerprint density at radius 3 is 1.75 bits per heavy atom. The van der Waals surface area contributed by atoms with Crippen LogP contribution in [0.15, 0.2) is 6.20 Å². The number of aromatic amines is 1. The third-order valence-electron chi connectivity index (χ3n) is 5.30. The maximum absolute atomic E-state index is 3.41. The number of aromatic nitrogens is 2. The van der Waals surface area contributed by atoms with Gasteiger partial charge in [0.1, 0.15) is 11.9 Å². The summed E-state index contributed by atoms with van der Waals surface area (Å²) in [5.74, 6) is 2.02. The molecule has 0 aliphatic carbocycles. The molecule has 24 heavy (non-hydrogen) atoms. The van der Waals surface area contributed by atoms with Gasteiger partial charge in [-0.25, -0.2) is 9.55 Å². The fourth-order valence-corrected chi connectivity index (χ4v) is 3.56. The summed E-state index contributed by atoms with van der Waals surface area (Å²) in [6, 6.07) is 0. The van der Waals surface area contributed by atoms with Crippen LogP contribution in [0.4, 0.5) is 0 Å². The standard InChI is InChI=1S/C21H40N2.ClH/c1-5-7-9-11-12-13-15-17-20(16-14-10-8-6-2)21-18-22-19(3)23(21)4;/h18,20H,5-17H2,1-4H3;1H. The smallest absolute Gasteiger partial charge is 0.251 e. The van der Waals surface area contributed by atoms with Gasteiger partial charge in [0.25, 0.3) is 5.82 Å². The van der Waals surface area contributed by atoms with Crippen LogP contribution in [0.25, 0.3) is 0 Å². The lowest BCUT2D eigenvalue weighted by Gasteiger charge is -2.14. The second-order valence-corrected chi connectivity index (χ2v) is 7.31. The molecule has 1 aromatic heterocycles. The highest BCUT2D eigenvalue weighted by molar-refractivity contribution is 4.99. The highest BCUT2D eigenvalue weighted by Gasteiger charge is 2.20. The van der Waals surface area contributed by atoms with Crippen molar-refractivity contribution in [2.75, 3.05) is 0 Å². The summed E-state index contributed by atoms with van der Waals surface area (Å²) in [6.45, 7) is 6.76. The van der Waals surface area contributed by atoms with Crippen LogP contribution in [0.2, 0.25) is 0 Å². The first-order chi connectivity index (χ1) is 11.2. The monoisotopic (exact) mass is 356 g/mol. The molecule has 1 N–H and O–H groups in total. The Bertz CT molecular complexity index is 401. The zero-order valence-electron chi connectivity index (χ0n) is 16.7. The Balaban J connectivity index is 0.00000529. The molecule has 0 radical (unpaired) electrons. The van der Waals surface area contributed by atoms with E-state index in [-0.39, 0.29) is 12.4 Å². The number of H-pyrrole nitrogens is 1. The Kier molecular flexibility index (Phi) is 14.5. The molecule has 1 heterocycles. The van der Waals surface area contributed by atoms with Crippen LogP contribution in [-0.4, -0.2) is 4.98 Å². The van der Waals surface area contributed by atoms with Crippen molar-refractivity contribution in [3.8, 4) is 0 Å². The molecule has 1 aromatic rings. The molecule has 0 spiro atoms. The summed E-state index contributed by atoms with van der Waals surface area (Å²) >= 11 is 0. The number of aryl methyl sites for hydroxylation is 1. The SMILES string of the molecule is CCCCCCCCCC(CCCCCC)c1c[nH]c(C)[n+]1C.[Cl-]. The number of nitrogens with zero attached hydrogens (tertiary/aromatic N) is 1. The minimum Gasteiger partial charge on any atom is -1.00 e. The molecule has 0 saturated carbocycles. The van der Waals surface area contributed by atoms with E-state index in [1.165, 1.54) is 95.0 Å². The molecule has 0 saturated heterocycles. The van der Waals surface area contributed by atoms with Crippen LogP contribution in [-0.2, 0) is 7.05 Å². The number of rotatable bonds is 14. The van der Waals surface area contributed by atoms with E-state index in [9.17, 15) is 0 Å². The topological polar surface area (TPSA) is 19.7 Å². The lowest BCUT2D eigenvalue weighted by molar-refractivity contribution is -0.685. The molecule has 1 atom stereocenters. The minimum atomic E-state index is 0. The number of imidazole rings is 1. The van der Waals surface area contributed by atoms with Gasteiger partial charge in [-0.2, -0.15) is 0 Å². The van der Waals surface area contributed by atoms with Crippen LogP contribution < -0.4 is 17.0 Å². The first-order valence-corrected chi connectivity index (χ1v) is 10.2. The molecular weight excluding hydrogens is 316 g/mol. The van der Waals surface area contributed by atoms with Gasteiger partial charge in [0.05, 0.1) is 7.05 Å². The van der Waals surface area contributed by atoms with E-state index in [0.29, 0.717) is 0 Å². The Hall–Kier alpha value is -0.500. The van der Waals surface area contributed by atoms with E-state index in [1.54, 1.807) is 0 Å². The van der Waals surface area contributed by atoms with Crippen LogP contribution in [0.1, 0.15) is 115 Å². The summed E-state index contributed by atoms with van der Waals surface area (Å²) in [7, 11) is 2.21. The van der Waals surface area contributed by atoms with Gasteiger partial charge in [0.15, 0.2) is 0 Å². The van der Waals surface area contributed by atoms with Gasteiger partial charge in [-0.1, -0.05) is 84.5 Å². The average Bonchev–Trinajstić information content (AvgIpc) is 2.88. The van der Waals surface area contributed by atoms with Gasteiger partial charge in [-0.05, 0) is 12.8 Å². The highest BCUT2D eigenvalue weighted by Crippen LogP contribution is 2.26. The van der Waals surface area contributed by atoms with Crippen molar-refractivity contribution in [3.05, 3.63) is 17.7 Å². The maximum atomic E-state index is 3.41. The van der Waals surface area contributed by atoms with Crippen LogP contribution >= 0.6 is 0 Å². The molecule has 0 fully saturated rings. The highest BCUT2D eigenvalue weighted by atomic mass is 35.5. The van der Waals surface area contributed by atoms with E-state index in [4.69, 9.17) is 0 Å². The fraction of sp³-hybridized carbons (Fsp3) is 0.857. The number of unbranched alkanes of at least 4 members (excludes halogenated alkanes) is 9. The molecule has 0 amide bonds. The summed E-state index contributed by atoms with van der Waals surface area (Å²) < 4.78 is 2.37. The van der Waals surface area contributed by atoms with Gasteiger partial charge >= 0.3 is 0 Å². The van der Waals surface area contributed by atoms with Crippen molar-refractivity contribution >= 4 is 0 Å². The van der Waals surface area contributed by atoms with Gasteiger partial charge in [-0.3, -0.25) is 0 Å². The predicted molar refractivity (Wildman–Crippen MR) is 101 cm³/mol. The zero-order chi connectivity index (χ0) is 16.9. The Morgan fingerprint density at radius 2 is 1.29 bits per heavy atom. The van der Waals surface area contributed by atoms with E-state index >= 15 is 0 Å². The molecule has 0 bridgehead atoms. The van der Waals surface area contributed by atoms with Crippen molar-refractivity contribution in [2.45, 2.75) is 110 Å². The first kappa shape index (κ1) is 23.5. The number of hydrogen-bond donors (Lipinski definition) is 1. The number of halogens is 1. The van der Waals surface area contributed by atoms with E-state index in [2.05, 4.69) is 43.6 Å². The van der Waals surface area contributed by atoms with Crippen molar-refractivity contribution in [1.82, 2.24) is 4.98 Å². The van der Waals surface area contributed by atoms with Crippen molar-refractivity contribution < 1.29 is 17.0 Å². The van der Waals surface area contributed by atoms with Gasteiger partial charge < -0.3 is 12.4 Å². The zero-order valence-corrected chi connectivity index (χ0v) is 17.4. The average molecular weight is 357 g/mol. The first-order valence-electron chi connectivity index (χ1n) is 10.2. The van der Waals surface area contributed by atoms with Gasteiger partial charge in [-0.15, -0.1) is 0 Å². The van der Waals surface area contributed by atoms with Crippen LogP contribution in [0, 0.1) is 6.92 Å².